The minimum Gasteiger partial charge on any atom is -0.497 e. The Hall–Kier alpha value is -3.75. The number of esters is 2. The van der Waals surface area contributed by atoms with Gasteiger partial charge in [-0.2, -0.15) is 0 Å². The third kappa shape index (κ3) is 3.86. The van der Waals surface area contributed by atoms with Crippen molar-refractivity contribution in [1.29, 1.82) is 0 Å². The van der Waals surface area contributed by atoms with Crippen molar-refractivity contribution in [3.63, 3.8) is 0 Å². The Labute approximate surface area is 172 Å². The molecule has 9 nitrogen and oxygen atoms in total. The van der Waals surface area contributed by atoms with E-state index in [0.717, 1.165) is 0 Å². The van der Waals surface area contributed by atoms with Crippen molar-refractivity contribution in [3.05, 3.63) is 69.8 Å². The number of benzene rings is 2. The Morgan fingerprint density at radius 2 is 1.53 bits per heavy atom. The van der Waals surface area contributed by atoms with E-state index in [1.807, 2.05) is 0 Å². The SMILES string of the molecule is COC(=O)[C@@H]1C(c2ccc([N+](=O)[O-])cc2)=N[C@H](c2ccc(OC)cc2)[C@H]1C(=O)OC. The molecule has 0 spiro atoms. The second-order valence-corrected chi connectivity index (χ2v) is 6.59. The fourth-order valence-electron chi connectivity index (χ4n) is 3.54. The van der Waals surface area contributed by atoms with Gasteiger partial charge >= 0.3 is 11.9 Å². The van der Waals surface area contributed by atoms with Gasteiger partial charge in [-0.15, -0.1) is 0 Å². The summed E-state index contributed by atoms with van der Waals surface area (Å²) in [6.07, 6.45) is 0. The van der Waals surface area contributed by atoms with Crippen LogP contribution in [0.2, 0.25) is 0 Å². The zero-order chi connectivity index (χ0) is 21.8. The van der Waals surface area contributed by atoms with Crippen LogP contribution in [-0.4, -0.2) is 43.9 Å². The number of non-ortho nitro benzene ring substituents is 1. The van der Waals surface area contributed by atoms with Crippen LogP contribution in [0.1, 0.15) is 17.2 Å². The van der Waals surface area contributed by atoms with Gasteiger partial charge in [0.25, 0.3) is 5.69 Å². The number of aliphatic imine (C=N–C) groups is 1. The summed E-state index contributed by atoms with van der Waals surface area (Å²) in [6.45, 7) is 0. The molecule has 0 aliphatic carbocycles. The first kappa shape index (κ1) is 21.0. The van der Waals surface area contributed by atoms with Crippen LogP contribution < -0.4 is 4.74 Å². The van der Waals surface area contributed by atoms with Gasteiger partial charge in [-0.1, -0.05) is 12.1 Å². The molecule has 1 aliphatic heterocycles. The standard InChI is InChI=1S/C21H20N2O7/c1-28-15-10-6-13(7-11-15)19-17(21(25)30-3)16(20(24)29-2)18(22-19)12-4-8-14(9-5-12)23(26)27/h4-11,16-17,19H,1-3H3/t16-,17-,19+/m0/s1. The zero-order valence-electron chi connectivity index (χ0n) is 16.6. The molecule has 0 fully saturated rings. The molecule has 1 heterocycles. The fraction of sp³-hybridized carbons (Fsp3) is 0.286. The molecule has 0 bridgehead atoms. The lowest BCUT2D eigenvalue weighted by molar-refractivity contribution is -0.384. The second kappa shape index (κ2) is 8.73. The maximum atomic E-state index is 12.7. The summed E-state index contributed by atoms with van der Waals surface area (Å²) in [5.41, 5.74) is 1.40. The maximum absolute atomic E-state index is 12.7. The molecule has 0 radical (unpaired) electrons. The molecule has 0 aromatic heterocycles. The van der Waals surface area contributed by atoms with E-state index >= 15 is 0 Å². The van der Waals surface area contributed by atoms with Gasteiger partial charge in [0.05, 0.1) is 38.0 Å². The Morgan fingerprint density at radius 3 is 2.03 bits per heavy atom. The minimum atomic E-state index is -1.02. The quantitative estimate of drug-likeness (QED) is 0.407. The van der Waals surface area contributed by atoms with E-state index in [0.29, 0.717) is 22.6 Å². The van der Waals surface area contributed by atoms with Crippen molar-refractivity contribution in [2.75, 3.05) is 21.3 Å². The first-order valence-electron chi connectivity index (χ1n) is 9.03. The van der Waals surface area contributed by atoms with Gasteiger partial charge in [0.2, 0.25) is 0 Å². The minimum absolute atomic E-state index is 0.0943. The van der Waals surface area contributed by atoms with E-state index in [9.17, 15) is 19.7 Å². The molecule has 0 amide bonds. The molecular formula is C21H20N2O7. The lowest BCUT2D eigenvalue weighted by Crippen LogP contribution is -2.35. The summed E-state index contributed by atoms with van der Waals surface area (Å²) >= 11 is 0. The highest BCUT2D eigenvalue weighted by molar-refractivity contribution is 6.15. The van der Waals surface area contributed by atoms with E-state index in [1.165, 1.54) is 38.5 Å². The highest BCUT2D eigenvalue weighted by Crippen LogP contribution is 2.42. The number of carbonyl (C=O) groups excluding carboxylic acids is 2. The maximum Gasteiger partial charge on any atom is 0.315 e. The van der Waals surface area contributed by atoms with Crippen LogP contribution in [0.25, 0.3) is 0 Å². The average Bonchev–Trinajstić information content (AvgIpc) is 3.18. The molecule has 0 N–H and O–H groups in total. The average molecular weight is 412 g/mol. The van der Waals surface area contributed by atoms with Gasteiger partial charge in [-0.25, -0.2) is 0 Å². The Morgan fingerprint density at radius 1 is 0.933 bits per heavy atom. The van der Waals surface area contributed by atoms with Crippen molar-refractivity contribution in [3.8, 4) is 5.75 Å². The summed E-state index contributed by atoms with van der Waals surface area (Å²) in [5.74, 6) is -2.57. The molecule has 0 saturated carbocycles. The molecule has 9 heteroatoms. The lowest BCUT2D eigenvalue weighted by Gasteiger charge is -2.21. The number of nitro benzene ring substituents is 1. The predicted molar refractivity (Wildman–Crippen MR) is 106 cm³/mol. The largest absolute Gasteiger partial charge is 0.497 e. The molecule has 2 aromatic carbocycles. The molecule has 1 aliphatic rings. The molecule has 156 valence electrons. The Bertz CT molecular complexity index is 983. The number of rotatable bonds is 6. The van der Waals surface area contributed by atoms with Gasteiger partial charge < -0.3 is 14.2 Å². The highest BCUT2D eigenvalue weighted by Gasteiger charge is 2.49. The second-order valence-electron chi connectivity index (χ2n) is 6.59. The van der Waals surface area contributed by atoms with E-state index < -0.39 is 34.7 Å². The third-order valence-electron chi connectivity index (χ3n) is 5.03. The van der Waals surface area contributed by atoms with Gasteiger partial charge in [0, 0.05) is 12.1 Å². The van der Waals surface area contributed by atoms with Crippen molar-refractivity contribution in [2.45, 2.75) is 6.04 Å². The van der Waals surface area contributed by atoms with Crippen LogP contribution in [0.15, 0.2) is 53.5 Å². The number of methoxy groups -OCH3 is 3. The summed E-state index contributed by atoms with van der Waals surface area (Å²) in [6, 6.07) is 11.9. The predicted octanol–water partition coefficient (Wildman–Crippen LogP) is 2.73. The zero-order valence-corrected chi connectivity index (χ0v) is 16.6. The van der Waals surface area contributed by atoms with Crippen molar-refractivity contribution >= 4 is 23.3 Å². The van der Waals surface area contributed by atoms with Crippen LogP contribution in [0.4, 0.5) is 5.69 Å². The Kier molecular flexibility index (Phi) is 6.10. The van der Waals surface area contributed by atoms with Gasteiger partial charge in [-0.05, 0) is 35.4 Å². The number of carbonyl (C=O) groups is 2. The van der Waals surface area contributed by atoms with Crippen molar-refractivity contribution in [1.82, 2.24) is 0 Å². The summed E-state index contributed by atoms with van der Waals surface area (Å²) < 4.78 is 15.1. The van der Waals surface area contributed by atoms with Gasteiger partial charge in [0.15, 0.2) is 0 Å². The fourth-order valence-corrected chi connectivity index (χ4v) is 3.54. The van der Waals surface area contributed by atoms with Crippen molar-refractivity contribution in [2.24, 2.45) is 16.8 Å². The van der Waals surface area contributed by atoms with Crippen LogP contribution in [0.5, 0.6) is 5.75 Å². The van der Waals surface area contributed by atoms with E-state index in [2.05, 4.69) is 4.99 Å². The summed E-state index contributed by atoms with van der Waals surface area (Å²) in [5, 5.41) is 11.0. The molecule has 3 rings (SSSR count). The van der Waals surface area contributed by atoms with Crippen molar-refractivity contribution < 1.29 is 28.7 Å². The topological polar surface area (TPSA) is 117 Å². The highest BCUT2D eigenvalue weighted by atomic mass is 16.6. The smallest absolute Gasteiger partial charge is 0.315 e. The van der Waals surface area contributed by atoms with E-state index in [4.69, 9.17) is 14.2 Å². The van der Waals surface area contributed by atoms with Crippen LogP contribution in [-0.2, 0) is 19.1 Å². The van der Waals surface area contributed by atoms with Crippen LogP contribution >= 0.6 is 0 Å². The number of hydrogen-bond donors (Lipinski definition) is 0. The Balaban J connectivity index is 2.11. The molecule has 3 atom stereocenters. The number of nitro groups is 1. The summed E-state index contributed by atoms with van der Waals surface area (Å²) in [7, 11) is 4.01. The van der Waals surface area contributed by atoms with Gasteiger partial charge in [-0.3, -0.25) is 24.7 Å². The van der Waals surface area contributed by atoms with Crippen LogP contribution in [0.3, 0.4) is 0 Å². The lowest BCUT2D eigenvalue weighted by atomic mass is 9.82. The van der Waals surface area contributed by atoms with Crippen LogP contribution in [0, 0.1) is 22.0 Å². The number of hydrogen-bond acceptors (Lipinski definition) is 8. The van der Waals surface area contributed by atoms with E-state index in [1.54, 1.807) is 31.4 Å². The molecular weight excluding hydrogens is 392 g/mol. The number of ether oxygens (including phenoxy) is 3. The van der Waals surface area contributed by atoms with E-state index in [-0.39, 0.29) is 5.69 Å². The molecule has 2 aromatic rings. The number of nitrogens with zero attached hydrogens (tertiary/aromatic N) is 2. The molecule has 30 heavy (non-hydrogen) atoms. The van der Waals surface area contributed by atoms with Gasteiger partial charge in [0.1, 0.15) is 17.6 Å². The first-order valence-corrected chi connectivity index (χ1v) is 9.03. The normalized spacial score (nSPS) is 20.2. The molecule has 0 unspecified atom stereocenters. The third-order valence-corrected chi connectivity index (χ3v) is 5.03. The molecule has 0 saturated heterocycles. The summed E-state index contributed by atoms with van der Waals surface area (Å²) in [4.78, 5) is 40.4. The monoisotopic (exact) mass is 412 g/mol. The first-order chi connectivity index (χ1) is 14.4.